The standard InChI is InChI=1S/C18H21BrN2O3/c1-11-2-3-14(21(23)24)5-15(11)20-16(22)17-6-12-4-13(7-17)9-18(19,8-12)10-17/h2-3,5,12-13H,4,6-10H2,1H3,(H,20,22). The van der Waals surface area contributed by atoms with Crippen molar-refractivity contribution in [3.8, 4) is 0 Å². The van der Waals surface area contributed by atoms with Gasteiger partial charge in [-0.05, 0) is 62.8 Å². The maximum absolute atomic E-state index is 13.1. The van der Waals surface area contributed by atoms with Gasteiger partial charge >= 0.3 is 0 Å². The molecule has 0 aliphatic heterocycles. The Bertz CT molecular complexity index is 719. The Morgan fingerprint density at radius 2 is 1.96 bits per heavy atom. The largest absolute Gasteiger partial charge is 0.325 e. The lowest BCUT2D eigenvalue weighted by Crippen LogP contribution is -2.57. The van der Waals surface area contributed by atoms with Gasteiger partial charge in [0.15, 0.2) is 0 Å². The molecule has 0 heterocycles. The Morgan fingerprint density at radius 3 is 2.54 bits per heavy atom. The molecule has 1 aromatic carbocycles. The minimum absolute atomic E-state index is 0.0124. The highest BCUT2D eigenvalue weighted by atomic mass is 79.9. The first-order valence-electron chi connectivity index (χ1n) is 8.54. The van der Waals surface area contributed by atoms with Crippen molar-refractivity contribution in [3.63, 3.8) is 0 Å². The number of nitrogens with zero attached hydrogens (tertiary/aromatic N) is 1. The molecule has 0 saturated heterocycles. The molecular formula is C18H21BrN2O3. The monoisotopic (exact) mass is 392 g/mol. The molecule has 4 bridgehead atoms. The fraction of sp³-hybridized carbons (Fsp3) is 0.611. The number of hydrogen-bond donors (Lipinski definition) is 1. The zero-order valence-electron chi connectivity index (χ0n) is 13.7. The Balaban J connectivity index is 1.61. The molecule has 4 saturated carbocycles. The van der Waals surface area contributed by atoms with Gasteiger partial charge in [-0.25, -0.2) is 0 Å². The lowest BCUT2D eigenvalue weighted by molar-refractivity contribution is -0.384. The number of alkyl halides is 1. The molecular weight excluding hydrogens is 372 g/mol. The molecule has 4 aliphatic carbocycles. The van der Waals surface area contributed by atoms with E-state index in [4.69, 9.17) is 0 Å². The smallest absolute Gasteiger partial charge is 0.271 e. The van der Waals surface area contributed by atoms with E-state index in [2.05, 4.69) is 21.2 Å². The third kappa shape index (κ3) is 2.55. The maximum atomic E-state index is 13.1. The Morgan fingerprint density at radius 1 is 1.29 bits per heavy atom. The van der Waals surface area contributed by atoms with Gasteiger partial charge in [0, 0.05) is 16.5 Å². The van der Waals surface area contributed by atoms with Gasteiger partial charge in [0.2, 0.25) is 5.91 Å². The first-order valence-corrected chi connectivity index (χ1v) is 9.33. The molecule has 5 rings (SSSR count). The third-order valence-corrected chi connectivity index (χ3v) is 7.08. The molecule has 24 heavy (non-hydrogen) atoms. The normalized spacial score (nSPS) is 36.6. The van der Waals surface area contributed by atoms with Crippen molar-refractivity contribution >= 4 is 33.2 Å². The topological polar surface area (TPSA) is 72.2 Å². The molecule has 128 valence electrons. The first kappa shape index (κ1) is 16.1. The zero-order valence-corrected chi connectivity index (χ0v) is 15.3. The number of nitrogens with one attached hydrogen (secondary N) is 1. The molecule has 2 atom stereocenters. The molecule has 6 heteroatoms. The summed E-state index contributed by atoms with van der Waals surface area (Å²) in [7, 11) is 0. The van der Waals surface area contributed by atoms with Crippen LogP contribution in [0.15, 0.2) is 18.2 Å². The third-order valence-electron chi connectivity index (χ3n) is 6.15. The second kappa shape index (κ2) is 5.28. The molecule has 2 unspecified atom stereocenters. The van der Waals surface area contributed by atoms with Crippen molar-refractivity contribution in [2.45, 2.75) is 49.8 Å². The minimum atomic E-state index is -0.423. The summed E-state index contributed by atoms with van der Waals surface area (Å²) < 4.78 is 0.117. The van der Waals surface area contributed by atoms with E-state index < -0.39 is 4.92 Å². The number of nitro groups is 1. The number of hydrogen-bond acceptors (Lipinski definition) is 3. The van der Waals surface area contributed by atoms with E-state index in [0.717, 1.165) is 24.8 Å². The number of anilines is 1. The van der Waals surface area contributed by atoms with Crippen LogP contribution in [0, 0.1) is 34.3 Å². The summed E-state index contributed by atoms with van der Waals surface area (Å²) in [5.41, 5.74) is 1.11. The van der Waals surface area contributed by atoms with Crippen LogP contribution in [-0.2, 0) is 4.79 Å². The molecule has 1 aromatic rings. The second-order valence-corrected chi connectivity index (χ2v) is 9.78. The van der Waals surface area contributed by atoms with Gasteiger partial charge in [0.05, 0.1) is 16.0 Å². The van der Waals surface area contributed by atoms with E-state index in [0.29, 0.717) is 17.5 Å². The molecule has 0 spiro atoms. The number of carbonyl (C=O) groups is 1. The van der Waals surface area contributed by atoms with Crippen LogP contribution in [0.25, 0.3) is 0 Å². The zero-order chi connectivity index (χ0) is 17.1. The second-order valence-electron chi connectivity index (χ2n) is 8.10. The Labute approximate surface area is 149 Å². The number of non-ortho nitro benzene ring substituents is 1. The predicted molar refractivity (Wildman–Crippen MR) is 95.2 cm³/mol. The van der Waals surface area contributed by atoms with Gasteiger partial charge in [-0.1, -0.05) is 22.0 Å². The van der Waals surface area contributed by atoms with Crippen molar-refractivity contribution in [1.82, 2.24) is 0 Å². The highest BCUT2D eigenvalue weighted by molar-refractivity contribution is 9.10. The molecule has 4 aliphatic rings. The molecule has 5 nitrogen and oxygen atoms in total. The summed E-state index contributed by atoms with van der Waals surface area (Å²) in [4.78, 5) is 23.7. The summed E-state index contributed by atoms with van der Waals surface area (Å²) in [6.45, 7) is 1.87. The number of halogens is 1. The summed E-state index contributed by atoms with van der Waals surface area (Å²) in [6, 6.07) is 4.64. The molecule has 1 amide bonds. The molecule has 0 aromatic heterocycles. The summed E-state index contributed by atoms with van der Waals surface area (Å²) in [5.74, 6) is 1.30. The number of rotatable bonds is 3. The van der Waals surface area contributed by atoms with Gasteiger partial charge in [-0.15, -0.1) is 0 Å². The van der Waals surface area contributed by atoms with Crippen LogP contribution in [0.5, 0.6) is 0 Å². The first-order chi connectivity index (χ1) is 11.3. The SMILES string of the molecule is Cc1ccc([N+](=O)[O-])cc1NC(=O)C12CC3CC(CC(Br)(C3)C1)C2. The number of aryl methyl sites for hydroxylation is 1. The number of carbonyl (C=O) groups excluding carboxylic acids is 1. The molecule has 4 fully saturated rings. The fourth-order valence-electron chi connectivity index (χ4n) is 5.53. The minimum Gasteiger partial charge on any atom is -0.325 e. The van der Waals surface area contributed by atoms with Gasteiger partial charge < -0.3 is 5.32 Å². The molecule has 0 radical (unpaired) electrons. The number of amides is 1. The van der Waals surface area contributed by atoms with Crippen molar-refractivity contribution < 1.29 is 9.72 Å². The van der Waals surface area contributed by atoms with Gasteiger partial charge in [-0.3, -0.25) is 14.9 Å². The lowest BCUT2D eigenvalue weighted by Gasteiger charge is -2.59. The van der Waals surface area contributed by atoms with Gasteiger partial charge in [-0.2, -0.15) is 0 Å². The van der Waals surface area contributed by atoms with E-state index in [9.17, 15) is 14.9 Å². The van der Waals surface area contributed by atoms with Crippen LogP contribution >= 0.6 is 15.9 Å². The number of nitro benzene ring substituents is 1. The highest BCUT2D eigenvalue weighted by Crippen LogP contribution is 2.64. The van der Waals surface area contributed by atoms with Crippen molar-refractivity contribution in [2.75, 3.05) is 5.32 Å². The van der Waals surface area contributed by atoms with Crippen LogP contribution in [0.3, 0.4) is 0 Å². The Kier molecular flexibility index (Phi) is 3.53. The van der Waals surface area contributed by atoms with Crippen LogP contribution < -0.4 is 5.32 Å². The maximum Gasteiger partial charge on any atom is 0.271 e. The fourth-order valence-corrected chi connectivity index (χ4v) is 6.98. The summed E-state index contributed by atoms with van der Waals surface area (Å²) >= 11 is 3.92. The van der Waals surface area contributed by atoms with E-state index in [1.165, 1.54) is 31.4 Å². The van der Waals surface area contributed by atoms with Crippen LogP contribution in [0.1, 0.15) is 44.1 Å². The summed E-state index contributed by atoms with van der Waals surface area (Å²) in [6.07, 6.45) is 6.39. The van der Waals surface area contributed by atoms with Gasteiger partial charge in [0.1, 0.15) is 0 Å². The van der Waals surface area contributed by atoms with Gasteiger partial charge in [0.25, 0.3) is 5.69 Å². The predicted octanol–water partition coefficient (Wildman–Crippen LogP) is 4.58. The van der Waals surface area contributed by atoms with E-state index in [1.807, 2.05) is 6.92 Å². The van der Waals surface area contributed by atoms with Crippen LogP contribution in [0.2, 0.25) is 0 Å². The van der Waals surface area contributed by atoms with Crippen LogP contribution in [0.4, 0.5) is 11.4 Å². The van der Waals surface area contributed by atoms with Crippen molar-refractivity contribution in [3.05, 3.63) is 33.9 Å². The van der Waals surface area contributed by atoms with E-state index >= 15 is 0 Å². The number of benzene rings is 1. The van der Waals surface area contributed by atoms with Crippen molar-refractivity contribution in [2.24, 2.45) is 17.3 Å². The average Bonchev–Trinajstić information content (AvgIpc) is 2.46. The Hall–Kier alpha value is -1.43. The molecule has 1 N–H and O–H groups in total. The quantitative estimate of drug-likeness (QED) is 0.464. The van der Waals surface area contributed by atoms with E-state index in [-0.39, 0.29) is 21.3 Å². The van der Waals surface area contributed by atoms with E-state index in [1.54, 1.807) is 6.07 Å². The summed E-state index contributed by atoms with van der Waals surface area (Å²) in [5, 5.41) is 14.0. The average molecular weight is 393 g/mol. The lowest BCUT2D eigenvalue weighted by atomic mass is 9.49. The highest BCUT2D eigenvalue weighted by Gasteiger charge is 2.59. The van der Waals surface area contributed by atoms with Crippen LogP contribution in [-0.4, -0.2) is 15.2 Å². The van der Waals surface area contributed by atoms with Crippen molar-refractivity contribution in [1.29, 1.82) is 0 Å².